The lowest BCUT2D eigenvalue weighted by atomic mass is 10.0. The summed E-state index contributed by atoms with van der Waals surface area (Å²) in [5, 5.41) is 20.5. The zero-order chi connectivity index (χ0) is 20.1. The molecule has 0 bridgehead atoms. The monoisotopic (exact) mass is 388 g/mol. The van der Waals surface area contributed by atoms with Crippen molar-refractivity contribution in [2.45, 2.75) is 19.4 Å². The topological polar surface area (TPSA) is 79.1 Å². The van der Waals surface area contributed by atoms with Gasteiger partial charge in [0, 0.05) is 54.3 Å². The van der Waals surface area contributed by atoms with Crippen LogP contribution in [0, 0.1) is 6.92 Å². The highest BCUT2D eigenvalue weighted by Gasteiger charge is 2.22. The van der Waals surface area contributed by atoms with E-state index >= 15 is 0 Å². The van der Waals surface area contributed by atoms with Crippen LogP contribution in [0.2, 0.25) is 0 Å². The first-order chi connectivity index (χ1) is 14.0. The maximum atomic E-state index is 10.7. The lowest BCUT2D eigenvalue weighted by molar-refractivity contribution is 0.474. The molecule has 7 heteroatoms. The van der Waals surface area contributed by atoms with Crippen molar-refractivity contribution < 1.29 is 5.11 Å². The van der Waals surface area contributed by atoms with Gasteiger partial charge in [-0.1, -0.05) is 0 Å². The van der Waals surface area contributed by atoms with E-state index in [2.05, 4.69) is 26.4 Å². The average molecular weight is 388 g/mol. The maximum Gasteiger partial charge on any atom is 0.159 e. The van der Waals surface area contributed by atoms with Crippen LogP contribution in [0.5, 0.6) is 5.75 Å². The minimum Gasteiger partial charge on any atom is -0.507 e. The third-order valence-electron chi connectivity index (χ3n) is 5.89. The van der Waals surface area contributed by atoms with Crippen molar-refractivity contribution >= 4 is 27.6 Å². The van der Waals surface area contributed by atoms with Gasteiger partial charge in [0.05, 0.1) is 23.1 Å². The van der Waals surface area contributed by atoms with E-state index in [-0.39, 0.29) is 5.75 Å². The Labute approximate surface area is 169 Å². The molecule has 1 aliphatic heterocycles. The number of phenols is 1. The second kappa shape index (κ2) is 6.70. The molecule has 0 aliphatic carbocycles. The lowest BCUT2D eigenvalue weighted by Crippen LogP contribution is -2.29. The molecule has 0 radical (unpaired) electrons. The quantitative estimate of drug-likeness (QED) is 0.562. The van der Waals surface area contributed by atoms with E-state index in [4.69, 9.17) is 4.98 Å². The first kappa shape index (κ1) is 17.9. The van der Waals surface area contributed by atoms with Gasteiger partial charge >= 0.3 is 0 Å². The number of aryl methyl sites for hydroxylation is 2. The van der Waals surface area contributed by atoms with Gasteiger partial charge in [-0.2, -0.15) is 5.10 Å². The van der Waals surface area contributed by atoms with E-state index in [1.807, 2.05) is 51.6 Å². The highest BCUT2D eigenvalue weighted by Crippen LogP contribution is 2.36. The molecule has 1 atom stereocenters. The highest BCUT2D eigenvalue weighted by atomic mass is 16.3. The number of aromatic hydroxyl groups is 1. The van der Waals surface area contributed by atoms with Gasteiger partial charge in [0.1, 0.15) is 5.75 Å². The van der Waals surface area contributed by atoms with Gasteiger partial charge in [-0.05, 0) is 44.7 Å². The molecule has 1 unspecified atom stereocenters. The van der Waals surface area contributed by atoms with E-state index in [0.717, 1.165) is 47.1 Å². The summed E-state index contributed by atoms with van der Waals surface area (Å²) in [6.07, 6.45) is 4.99. The number of phenolic OH excluding ortho intramolecular Hbond substituents is 1. The molecule has 4 aromatic rings. The first-order valence-electron chi connectivity index (χ1n) is 9.89. The van der Waals surface area contributed by atoms with Crippen molar-refractivity contribution in [2.75, 3.05) is 25.0 Å². The summed E-state index contributed by atoms with van der Waals surface area (Å²) in [5.41, 5.74) is 4.78. The van der Waals surface area contributed by atoms with Crippen LogP contribution >= 0.6 is 0 Å². The number of rotatable bonds is 3. The minimum atomic E-state index is 0.217. The fraction of sp³-hybridized carbons (Fsp3) is 0.318. The molecule has 1 aliphatic rings. The molecule has 5 rings (SSSR count). The second-order valence-electron chi connectivity index (χ2n) is 7.80. The number of fused-ring (bicyclic) bond motifs is 2. The van der Waals surface area contributed by atoms with Crippen molar-refractivity contribution in [3.05, 3.63) is 42.2 Å². The van der Waals surface area contributed by atoms with Crippen LogP contribution < -0.4 is 10.2 Å². The molecule has 3 aromatic heterocycles. The highest BCUT2D eigenvalue weighted by molar-refractivity contribution is 5.91. The molecule has 29 heavy (non-hydrogen) atoms. The van der Waals surface area contributed by atoms with Gasteiger partial charge in [0.15, 0.2) is 5.65 Å². The molecule has 0 amide bonds. The Balaban J connectivity index is 1.54. The number of likely N-dealkylation sites (N-methyl/N-ethyl adjacent to an activating group) is 1. The van der Waals surface area contributed by atoms with E-state index in [9.17, 15) is 5.11 Å². The summed E-state index contributed by atoms with van der Waals surface area (Å²) in [4.78, 5) is 11.7. The van der Waals surface area contributed by atoms with Gasteiger partial charge in [-0.25, -0.2) is 9.97 Å². The summed E-state index contributed by atoms with van der Waals surface area (Å²) in [6, 6.07) is 8.59. The molecule has 4 heterocycles. The standard InChI is InChI=1S/C22H24N6O/c1-13-20-15(11-27(3)26-20)9-18(21(13)29)19-5-4-14-8-17(10-24-22(14)25-19)28-7-6-16(12-28)23-2/h4-5,8-11,16,23,29H,6-7,12H2,1-3H3. The Morgan fingerprint density at radius 3 is 2.86 bits per heavy atom. The summed E-state index contributed by atoms with van der Waals surface area (Å²) in [5.74, 6) is 0.217. The smallest absolute Gasteiger partial charge is 0.159 e. The molecule has 1 aromatic carbocycles. The van der Waals surface area contributed by atoms with E-state index in [0.29, 0.717) is 22.9 Å². The SMILES string of the molecule is CNC1CCN(c2cnc3nc(-c4cc5cn(C)nc5c(C)c4O)ccc3c2)C1. The number of hydrogen-bond acceptors (Lipinski definition) is 6. The molecule has 7 nitrogen and oxygen atoms in total. The molecule has 148 valence electrons. The number of benzene rings is 1. The van der Waals surface area contributed by atoms with Crippen LogP contribution in [0.1, 0.15) is 12.0 Å². The number of anilines is 1. The normalized spacial score (nSPS) is 16.9. The number of nitrogens with one attached hydrogen (secondary N) is 1. The third kappa shape index (κ3) is 2.98. The molecule has 0 spiro atoms. The summed E-state index contributed by atoms with van der Waals surface area (Å²) in [6.45, 7) is 3.91. The van der Waals surface area contributed by atoms with Crippen LogP contribution in [0.3, 0.4) is 0 Å². The minimum absolute atomic E-state index is 0.217. The van der Waals surface area contributed by atoms with Crippen molar-refractivity contribution in [3.63, 3.8) is 0 Å². The predicted molar refractivity (Wildman–Crippen MR) is 115 cm³/mol. The Hall–Kier alpha value is -3.19. The van der Waals surface area contributed by atoms with E-state index in [1.54, 1.807) is 4.68 Å². The first-order valence-corrected chi connectivity index (χ1v) is 9.89. The second-order valence-corrected chi connectivity index (χ2v) is 7.80. The summed E-state index contributed by atoms with van der Waals surface area (Å²) < 4.78 is 1.76. The fourth-order valence-electron chi connectivity index (χ4n) is 4.19. The number of pyridine rings is 2. The molecule has 1 saturated heterocycles. The van der Waals surface area contributed by atoms with Gasteiger partial charge in [-0.15, -0.1) is 0 Å². The van der Waals surface area contributed by atoms with Gasteiger partial charge < -0.3 is 15.3 Å². The van der Waals surface area contributed by atoms with Crippen molar-refractivity contribution in [3.8, 4) is 17.0 Å². The van der Waals surface area contributed by atoms with Gasteiger partial charge in [0.2, 0.25) is 0 Å². The van der Waals surface area contributed by atoms with Gasteiger partial charge in [0.25, 0.3) is 0 Å². The average Bonchev–Trinajstić information content (AvgIpc) is 3.36. The largest absolute Gasteiger partial charge is 0.507 e. The molecule has 0 saturated carbocycles. The van der Waals surface area contributed by atoms with Crippen LogP contribution in [0.4, 0.5) is 5.69 Å². The molecular formula is C22H24N6O. The van der Waals surface area contributed by atoms with Crippen molar-refractivity contribution in [1.29, 1.82) is 0 Å². The fourth-order valence-corrected chi connectivity index (χ4v) is 4.19. The number of aromatic nitrogens is 4. The molecule has 2 N–H and O–H groups in total. The number of nitrogens with zero attached hydrogens (tertiary/aromatic N) is 5. The summed E-state index contributed by atoms with van der Waals surface area (Å²) >= 11 is 0. The lowest BCUT2D eigenvalue weighted by Gasteiger charge is -2.18. The zero-order valence-electron chi connectivity index (χ0n) is 16.8. The van der Waals surface area contributed by atoms with Crippen LogP contribution in [-0.2, 0) is 7.05 Å². The number of hydrogen-bond donors (Lipinski definition) is 2. The van der Waals surface area contributed by atoms with E-state index < -0.39 is 0 Å². The van der Waals surface area contributed by atoms with Crippen LogP contribution in [-0.4, -0.2) is 51.0 Å². The summed E-state index contributed by atoms with van der Waals surface area (Å²) in [7, 11) is 3.89. The Morgan fingerprint density at radius 1 is 1.21 bits per heavy atom. The zero-order valence-corrected chi connectivity index (χ0v) is 16.8. The van der Waals surface area contributed by atoms with Gasteiger partial charge in [-0.3, -0.25) is 4.68 Å². The van der Waals surface area contributed by atoms with Crippen LogP contribution in [0.25, 0.3) is 33.2 Å². The Morgan fingerprint density at radius 2 is 2.07 bits per heavy atom. The van der Waals surface area contributed by atoms with E-state index in [1.165, 1.54) is 0 Å². The Kier molecular flexibility index (Phi) is 4.13. The maximum absolute atomic E-state index is 10.7. The third-order valence-corrected chi connectivity index (χ3v) is 5.89. The molecular weight excluding hydrogens is 364 g/mol. The predicted octanol–water partition coefficient (Wildman–Crippen LogP) is 3.00. The molecule has 1 fully saturated rings. The van der Waals surface area contributed by atoms with Crippen LogP contribution in [0.15, 0.2) is 36.7 Å². The van der Waals surface area contributed by atoms with Crippen molar-refractivity contribution in [2.24, 2.45) is 7.05 Å². The Bertz CT molecular complexity index is 1230. The van der Waals surface area contributed by atoms with Crippen molar-refractivity contribution in [1.82, 2.24) is 25.1 Å².